The van der Waals surface area contributed by atoms with E-state index in [1.807, 2.05) is 0 Å². The van der Waals surface area contributed by atoms with Crippen LogP contribution in [0.3, 0.4) is 0 Å². The summed E-state index contributed by atoms with van der Waals surface area (Å²) in [4.78, 5) is 0. The SMILES string of the molecule is C/C(=C/CCNC1CC1)Cc1ccc(F)cc1Cl. The molecule has 1 aromatic rings. The number of nitrogens with one attached hydrogen (secondary N) is 1. The molecule has 1 nitrogen and oxygen atoms in total. The van der Waals surface area contributed by atoms with E-state index in [-0.39, 0.29) is 5.82 Å². The third-order valence-electron chi connectivity index (χ3n) is 3.13. The quantitative estimate of drug-likeness (QED) is 0.604. The number of rotatable bonds is 6. The Morgan fingerprint density at radius 1 is 1.50 bits per heavy atom. The van der Waals surface area contributed by atoms with Gasteiger partial charge in [-0.05, 0) is 56.8 Å². The molecule has 1 aliphatic carbocycles. The van der Waals surface area contributed by atoms with Crippen LogP contribution in [-0.4, -0.2) is 12.6 Å². The summed E-state index contributed by atoms with van der Waals surface area (Å²) in [5, 5.41) is 3.99. The lowest BCUT2D eigenvalue weighted by Crippen LogP contribution is -2.16. The van der Waals surface area contributed by atoms with E-state index in [4.69, 9.17) is 11.6 Å². The van der Waals surface area contributed by atoms with Gasteiger partial charge in [0.05, 0.1) is 0 Å². The molecule has 0 aromatic heterocycles. The van der Waals surface area contributed by atoms with E-state index in [1.54, 1.807) is 6.07 Å². The van der Waals surface area contributed by atoms with Crippen molar-refractivity contribution in [3.8, 4) is 0 Å². The third kappa shape index (κ3) is 4.43. The van der Waals surface area contributed by atoms with E-state index in [0.717, 1.165) is 31.0 Å². The Hall–Kier alpha value is -0.860. The highest BCUT2D eigenvalue weighted by atomic mass is 35.5. The average Bonchev–Trinajstić information content (AvgIpc) is 3.12. The van der Waals surface area contributed by atoms with Gasteiger partial charge in [-0.3, -0.25) is 0 Å². The predicted molar refractivity (Wildman–Crippen MR) is 74.5 cm³/mol. The van der Waals surface area contributed by atoms with Gasteiger partial charge in [0.25, 0.3) is 0 Å². The van der Waals surface area contributed by atoms with E-state index >= 15 is 0 Å². The van der Waals surface area contributed by atoms with Gasteiger partial charge in [-0.15, -0.1) is 0 Å². The van der Waals surface area contributed by atoms with Gasteiger partial charge >= 0.3 is 0 Å². The second-order valence-electron chi connectivity index (χ2n) is 4.98. The first kappa shape index (κ1) is 13.6. The number of benzene rings is 1. The van der Waals surface area contributed by atoms with E-state index in [1.165, 1.54) is 30.5 Å². The topological polar surface area (TPSA) is 12.0 Å². The maximum absolute atomic E-state index is 12.9. The standard InChI is InChI=1S/C15H19ClFN/c1-11(3-2-8-18-14-6-7-14)9-12-4-5-13(17)10-15(12)16/h3-5,10,14,18H,2,6-9H2,1H3/b11-3-. The minimum absolute atomic E-state index is 0.279. The lowest BCUT2D eigenvalue weighted by molar-refractivity contribution is 0.627. The largest absolute Gasteiger partial charge is 0.314 e. The van der Waals surface area contributed by atoms with Crippen molar-refractivity contribution in [2.45, 2.75) is 38.6 Å². The zero-order valence-corrected chi connectivity index (χ0v) is 11.4. The highest BCUT2D eigenvalue weighted by Crippen LogP contribution is 2.21. The molecule has 0 amide bonds. The van der Waals surface area contributed by atoms with E-state index in [9.17, 15) is 4.39 Å². The summed E-state index contributed by atoms with van der Waals surface area (Å²) in [7, 11) is 0. The maximum atomic E-state index is 12.9. The van der Waals surface area contributed by atoms with Gasteiger partial charge in [0.15, 0.2) is 0 Å². The number of halogens is 2. The van der Waals surface area contributed by atoms with Crippen molar-refractivity contribution in [3.63, 3.8) is 0 Å². The monoisotopic (exact) mass is 267 g/mol. The van der Waals surface area contributed by atoms with Crippen molar-refractivity contribution in [1.29, 1.82) is 0 Å². The molecule has 0 spiro atoms. The van der Waals surface area contributed by atoms with Gasteiger partial charge in [-0.2, -0.15) is 0 Å². The third-order valence-corrected chi connectivity index (χ3v) is 3.48. The van der Waals surface area contributed by atoms with Crippen LogP contribution in [0.2, 0.25) is 5.02 Å². The molecular formula is C15H19ClFN. The second kappa shape index (κ2) is 6.35. The van der Waals surface area contributed by atoms with Crippen LogP contribution < -0.4 is 5.32 Å². The molecule has 1 aliphatic rings. The van der Waals surface area contributed by atoms with Crippen LogP contribution in [0.1, 0.15) is 31.7 Å². The van der Waals surface area contributed by atoms with Crippen LogP contribution in [0.4, 0.5) is 4.39 Å². The Bertz CT molecular complexity index is 438. The highest BCUT2D eigenvalue weighted by molar-refractivity contribution is 6.31. The van der Waals surface area contributed by atoms with E-state index < -0.39 is 0 Å². The first-order valence-electron chi connectivity index (χ1n) is 6.48. The molecule has 1 saturated carbocycles. The Morgan fingerprint density at radius 2 is 2.28 bits per heavy atom. The smallest absolute Gasteiger partial charge is 0.124 e. The molecule has 1 fully saturated rings. The van der Waals surface area contributed by atoms with Gasteiger partial charge in [-0.25, -0.2) is 4.39 Å². The predicted octanol–water partition coefficient (Wildman–Crippen LogP) is 4.11. The molecule has 0 atom stereocenters. The van der Waals surface area contributed by atoms with Gasteiger partial charge < -0.3 is 5.32 Å². The van der Waals surface area contributed by atoms with Gasteiger partial charge in [0, 0.05) is 11.1 Å². The summed E-state index contributed by atoms with van der Waals surface area (Å²) < 4.78 is 12.9. The summed E-state index contributed by atoms with van der Waals surface area (Å²) in [5.74, 6) is -0.279. The Balaban J connectivity index is 1.80. The summed E-state index contributed by atoms with van der Waals surface area (Å²) in [5.41, 5.74) is 2.27. The summed E-state index contributed by atoms with van der Waals surface area (Å²) >= 11 is 6.01. The Morgan fingerprint density at radius 3 is 2.94 bits per heavy atom. The van der Waals surface area contributed by atoms with Crippen LogP contribution in [-0.2, 0) is 6.42 Å². The lowest BCUT2D eigenvalue weighted by Gasteiger charge is -2.05. The zero-order valence-electron chi connectivity index (χ0n) is 10.7. The van der Waals surface area contributed by atoms with Crippen molar-refractivity contribution < 1.29 is 4.39 Å². The van der Waals surface area contributed by atoms with Gasteiger partial charge in [-0.1, -0.05) is 29.3 Å². The molecule has 0 saturated heterocycles. The number of hydrogen-bond acceptors (Lipinski definition) is 1. The van der Waals surface area contributed by atoms with Crippen LogP contribution >= 0.6 is 11.6 Å². The molecule has 3 heteroatoms. The van der Waals surface area contributed by atoms with Crippen LogP contribution in [0.5, 0.6) is 0 Å². The molecule has 0 aliphatic heterocycles. The maximum Gasteiger partial charge on any atom is 0.124 e. The number of hydrogen-bond donors (Lipinski definition) is 1. The van der Waals surface area contributed by atoms with E-state index in [2.05, 4.69) is 18.3 Å². The van der Waals surface area contributed by atoms with Crippen LogP contribution in [0.15, 0.2) is 29.8 Å². The zero-order chi connectivity index (χ0) is 13.0. The Labute approximate surface area is 113 Å². The molecule has 0 radical (unpaired) electrons. The first-order valence-corrected chi connectivity index (χ1v) is 6.86. The van der Waals surface area contributed by atoms with Crippen molar-refractivity contribution in [2.75, 3.05) is 6.54 Å². The fourth-order valence-corrected chi connectivity index (χ4v) is 2.17. The van der Waals surface area contributed by atoms with Crippen molar-refractivity contribution in [3.05, 3.63) is 46.3 Å². The van der Waals surface area contributed by atoms with Crippen LogP contribution in [0.25, 0.3) is 0 Å². The molecule has 98 valence electrons. The Kier molecular flexibility index (Phi) is 4.79. The van der Waals surface area contributed by atoms with E-state index in [0.29, 0.717) is 5.02 Å². The molecular weight excluding hydrogens is 249 g/mol. The summed E-state index contributed by atoms with van der Waals surface area (Å²) in [6.07, 6.45) is 6.72. The average molecular weight is 268 g/mol. The van der Waals surface area contributed by atoms with Crippen molar-refractivity contribution in [1.82, 2.24) is 5.32 Å². The molecule has 0 unspecified atom stereocenters. The molecule has 0 bridgehead atoms. The van der Waals surface area contributed by atoms with Crippen molar-refractivity contribution >= 4 is 11.6 Å². The fraction of sp³-hybridized carbons (Fsp3) is 0.467. The molecule has 0 heterocycles. The molecule has 2 rings (SSSR count). The molecule has 18 heavy (non-hydrogen) atoms. The highest BCUT2D eigenvalue weighted by Gasteiger charge is 2.19. The molecule has 1 aromatic carbocycles. The normalized spacial score (nSPS) is 16.1. The lowest BCUT2D eigenvalue weighted by atomic mass is 10.1. The summed E-state index contributed by atoms with van der Waals surface area (Å²) in [6.45, 7) is 3.13. The number of allylic oxidation sites excluding steroid dienone is 1. The minimum atomic E-state index is -0.279. The fourth-order valence-electron chi connectivity index (χ4n) is 1.93. The molecule has 1 N–H and O–H groups in total. The van der Waals surface area contributed by atoms with Gasteiger partial charge in [0.2, 0.25) is 0 Å². The first-order chi connectivity index (χ1) is 8.65. The second-order valence-corrected chi connectivity index (χ2v) is 5.39. The van der Waals surface area contributed by atoms with Crippen LogP contribution in [0, 0.1) is 5.82 Å². The minimum Gasteiger partial charge on any atom is -0.314 e. The van der Waals surface area contributed by atoms with Gasteiger partial charge in [0.1, 0.15) is 5.82 Å². The van der Waals surface area contributed by atoms with Crippen molar-refractivity contribution in [2.24, 2.45) is 0 Å². The summed E-state index contributed by atoms with van der Waals surface area (Å²) in [6, 6.07) is 5.37.